The quantitative estimate of drug-likeness (QED) is 0.652. The molecule has 0 unspecified atom stereocenters. The first kappa shape index (κ1) is 19.0. The minimum Gasteiger partial charge on any atom is -0.467 e. The lowest BCUT2D eigenvalue weighted by Crippen LogP contribution is -2.30. The van der Waals surface area contributed by atoms with E-state index in [0.29, 0.717) is 30.2 Å². The summed E-state index contributed by atoms with van der Waals surface area (Å²) in [5.74, 6) is 1.07. The Labute approximate surface area is 148 Å². The molecule has 6 nitrogen and oxygen atoms in total. The van der Waals surface area contributed by atoms with Gasteiger partial charge in [-0.2, -0.15) is 0 Å². The highest BCUT2D eigenvalue weighted by Gasteiger charge is 2.19. The van der Waals surface area contributed by atoms with E-state index in [4.69, 9.17) is 18.9 Å². The van der Waals surface area contributed by atoms with E-state index < -0.39 is 0 Å². The minimum atomic E-state index is -0.0683. The van der Waals surface area contributed by atoms with Crippen LogP contribution in [-0.2, 0) is 9.47 Å². The number of nitrogens with zero attached hydrogens (tertiary/aromatic N) is 1. The third kappa shape index (κ3) is 4.41. The van der Waals surface area contributed by atoms with E-state index in [1.807, 2.05) is 44.2 Å². The van der Waals surface area contributed by atoms with Crippen LogP contribution < -0.4 is 9.47 Å². The van der Waals surface area contributed by atoms with Gasteiger partial charge in [-0.1, -0.05) is 12.1 Å². The predicted molar refractivity (Wildman–Crippen MR) is 96.2 cm³/mol. The molecule has 2 aromatic rings. The molecule has 0 heterocycles. The fourth-order valence-electron chi connectivity index (χ4n) is 2.62. The molecular weight excluding hydrogens is 322 g/mol. The van der Waals surface area contributed by atoms with Gasteiger partial charge in [-0.25, -0.2) is 0 Å². The van der Waals surface area contributed by atoms with Crippen LogP contribution in [-0.4, -0.2) is 51.7 Å². The van der Waals surface area contributed by atoms with E-state index >= 15 is 0 Å². The Bertz CT molecular complexity index is 712. The third-order valence-corrected chi connectivity index (χ3v) is 3.89. The standard InChI is InChI=1S/C19H25NO5/c1-5-20(6-2)19(21)16-10-14-8-7-9-17(24-12-22-3)15(14)11-18(16)25-13-23-4/h7-11H,5-6,12-13H2,1-4H3. The lowest BCUT2D eigenvalue weighted by Gasteiger charge is -2.21. The first-order chi connectivity index (χ1) is 12.2. The Morgan fingerprint density at radius 3 is 2.20 bits per heavy atom. The van der Waals surface area contributed by atoms with Gasteiger partial charge in [0.1, 0.15) is 11.5 Å². The fourth-order valence-corrected chi connectivity index (χ4v) is 2.62. The van der Waals surface area contributed by atoms with Gasteiger partial charge in [0, 0.05) is 32.7 Å². The second-order valence-corrected chi connectivity index (χ2v) is 5.40. The highest BCUT2D eigenvalue weighted by atomic mass is 16.7. The number of hydrogen-bond acceptors (Lipinski definition) is 5. The number of methoxy groups -OCH3 is 2. The van der Waals surface area contributed by atoms with Crippen LogP contribution in [0.4, 0.5) is 0 Å². The maximum absolute atomic E-state index is 12.8. The third-order valence-electron chi connectivity index (χ3n) is 3.89. The molecule has 0 bridgehead atoms. The second kappa shape index (κ2) is 9.25. The zero-order valence-electron chi connectivity index (χ0n) is 15.2. The van der Waals surface area contributed by atoms with Crippen LogP contribution in [0, 0.1) is 0 Å². The lowest BCUT2D eigenvalue weighted by atomic mass is 10.0. The molecule has 0 aliphatic carbocycles. The first-order valence-electron chi connectivity index (χ1n) is 8.25. The number of rotatable bonds is 9. The largest absolute Gasteiger partial charge is 0.467 e. The topological polar surface area (TPSA) is 57.2 Å². The van der Waals surface area contributed by atoms with Crippen LogP contribution in [0.3, 0.4) is 0 Å². The van der Waals surface area contributed by atoms with Crippen molar-refractivity contribution in [3.05, 3.63) is 35.9 Å². The van der Waals surface area contributed by atoms with Crippen LogP contribution in [0.2, 0.25) is 0 Å². The molecule has 0 atom stereocenters. The van der Waals surface area contributed by atoms with Crippen molar-refractivity contribution in [3.63, 3.8) is 0 Å². The average molecular weight is 347 g/mol. The van der Waals surface area contributed by atoms with Crippen molar-refractivity contribution in [3.8, 4) is 11.5 Å². The van der Waals surface area contributed by atoms with Crippen LogP contribution in [0.25, 0.3) is 10.8 Å². The van der Waals surface area contributed by atoms with Gasteiger partial charge in [0.25, 0.3) is 5.91 Å². The SMILES string of the molecule is CCN(CC)C(=O)c1cc2cccc(OCOC)c2cc1OCOC. The van der Waals surface area contributed by atoms with Crippen molar-refractivity contribution < 1.29 is 23.7 Å². The number of fused-ring (bicyclic) bond motifs is 1. The van der Waals surface area contributed by atoms with Crippen LogP contribution in [0.5, 0.6) is 11.5 Å². The van der Waals surface area contributed by atoms with Gasteiger partial charge in [-0.05, 0) is 37.4 Å². The van der Waals surface area contributed by atoms with Gasteiger partial charge < -0.3 is 23.8 Å². The zero-order valence-corrected chi connectivity index (χ0v) is 15.2. The molecule has 0 saturated carbocycles. The number of carbonyl (C=O) groups excluding carboxylic acids is 1. The van der Waals surface area contributed by atoms with Crippen molar-refractivity contribution in [2.75, 3.05) is 40.9 Å². The van der Waals surface area contributed by atoms with Gasteiger partial charge >= 0.3 is 0 Å². The molecule has 136 valence electrons. The maximum Gasteiger partial charge on any atom is 0.257 e. The van der Waals surface area contributed by atoms with Crippen molar-refractivity contribution >= 4 is 16.7 Å². The fraction of sp³-hybridized carbons (Fsp3) is 0.421. The molecular formula is C19H25NO5. The molecule has 6 heteroatoms. The zero-order chi connectivity index (χ0) is 18.2. The predicted octanol–water partition coefficient (Wildman–Crippen LogP) is 3.29. The molecule has 2 rings (SSSR count). The summed E-state index contributed by atoms with van der Waals surface area (Å²) < 4.78 is 21.3. The summed E-state index contributed by atoms with van der Waals surface area (Å²) >= 11 is 0. The van der Waals surface area contributed by atoms with Crippen molar-refractivity contribution in [2.24, 2.45) is 0 Å². The molecule has 0 saturated heterocycles. The maximum atomic E-state index is 12.8. The summed E-state index contributed by atoms with van der Waals surface area (Å²) in [5, 5.41) is 1.75. The van der Waals surface area contributed by atoms with Gasteiger partial charge in [0.2, 0.25) is 0 Å². The van der Waals surface area contributed by atoms with Gasteiger partial charge in [0.15, 0.2) is 13.6 Å². The highest BCUT2D eigenvalue weighted by Crippen LogP contribution is 2.33. The second-order valence-electron chi connectivity index (χ2n) is 5.40. The molecule has 0 N–H and O–H groups in total. The molecule has 0 fully saturated rings. The molecule has 25 heavy (non-hydrogen) atoms. The van der Waals surface area contributed by atoms with E-state index in [1.165, 1.54) is 0 Å². The van der Waals surface area contributed by atoms with E-state index in [9.17, 15) is 4.79 Å². The monoisotopic (exact) mass is 347 g/mol. The normalized spacial score (nSPS) is 10.7. The summed E-state index contributed by atoms with van der Waals surface area (Å²) in [5.41, 5.74) is 0.511. The highest BCUT2D eigenvalue weighted by molar-refractivity contribution is 6.02. The van der Waals surface area contributed by atoms with Crippen LogP contribution >= 0.6 is 0 Å². The number of ether oxygens (including phenoxy) is 4. The Hall–Kier alpha value is -2.31. The molecule has 0 aromatic heterocycles. The first-order valence-corrected chi connectivity index (χ1v) is 8.25. The average Bonchev–Trinajstić information content (AvgIpc) is 2.64. The molecule has 0 spiro atoms. The lowest BCUT2D eigenvalue weighted by molar-refractivity contribution is 0.0488. The number of benzene rings is 2. The van der Waals surface area contributed by atoms with Crippen molar-refractivity contribution in [1.29, 1.82) is 0 Å². The Kier molecular flexibility index (Phi) is 7.03. The van der Waals surface area contributed by atoms with E-state index in [-0.39, 0.29) is 19.5 Å². The Morgan fingerprint density at radius 2 is 1.60 bits per heavy atom. The van der Waals surface area contributed by atoms with Gasteiger partial charge in [0.05, 0.1) is 5.56 Å². The summed E-state index contributed by atoms with van der Waals surface area (Å²) in [4.78, 5) is 14.6. The molecule has 2 aromatic carbocycles. The number of carbonyl (C=O) groups is 1. The van der Waals surface area contributed by atoms with E-state index in [0.717, 1.165) is 10.8 Å². The number of amides is 1. The number of hydrogen-bond donors (Lipinski definition) is 0. The summed E-state index contributed by atoms with van der Waals surface area (Å²) in [7, 11) is 3.11. The van der Waals surface area contributed by atoms with Gasteiger partial charge in [-0.15, -0.1) is 0 Å². The summed E-state index contributed by atoms with van der Waals surface area (Å²) in [6, 6.07) is 9.33. The minimum absolute atomic E-state index is 0.0606. The van der Waals surface area contributed by atoms with Gasteiger partial charge in [-0.3, -0.25) is 4.79 Å². The molecule has 0 radical (unpaired) electrons. The van der Waals surface area contributed by atoms with E-state index in [2.05, 4.69) is 0 Å². The van der Waals surface area contributed by atoms with Crippen LogP contribution in [0.15, 0.2) is 30.3 Å². The van der Waals surface area contributed by atoms with E-state index in [1.54, 1.807) is 19.1 Å². The smallest absolute Gasteiger partial charge is 0.257 e. The molecule has 0 aliphatic heterocycles. The Balaban J connectivity index is 2.54. The van der Waals surface area contributed by atoms with Crippen molar-refractivity contribution in [2.45, 2.75) is 13.8 Å². The molecule has 1 amide bonds. The van der Waals surface area contributed by atoms with Crippen LogP contribution in [0.1, 0.15) is 24.2 Å². The Morgan fingerprint density at radius 1 is 0.960 bits per heavy atom. The van der Waals surface area contributed by atoms with Crippen molar-refractivity contribution in [1.82, 2.24) is 4.90 Å². The molecule has 0 aliphatic rings. The summed E-state index contributed by atoms with van der Waals surface area (Å²) in [6.07, 6.45) is 0. The summed E-state index contributed by atoms with van der Waals surface area (Å²) in [6.45, 7) is 5.38.